The molecule has 1 N–H and O–H groups in total. The number of hydrogen-bond donors (Lipinski definition) is 1. The summed E-state index contributed by atoms with van der Waals surface area (Å²) in [6.45, 7) is 8.04. The zero-order valence-electron chi connectivity index (χ0n) is 14.5. The Hall–Kier alpha value is -2.89. The average Bonchev–Trinajstić information content (AvgIpc) is 2.88. The van der Waals surface area contributed by atoms with Crippen molar-refractivity contribution in [3.05, 3.63) is 46.6 Å². The molecule has 0 saturated heterocycles. The second-order valence-corrected chi connectivity index (χ2v) is 5.97. The highest BCUT2D eigenvalue weighted by Crippen LogP contribution is 2.25. The molecule has 0 atom stereocenters. The van der Waals surface area contributed by atoms with Crippen LogP contribution in [0.1, 0.15) is 22.4 Å². The van der Waals surface area contributed by atoms with Crippen molar-refractivity contribution in [1.82, 2.24) is 14.8 Å². The molecule has 0 aliphatic carbocycles. The van der Waals surface area contributed by atoms with Crippen LogP contribution in [-0.4, -0.2) is 28.0 Å². The number of anilines is 1. The zero-order chi connectivity index (χ0) is 17.4. The number of carbonyl (C=O) groups excluding carboxylic acids is 1. The Balaban J connectivity index is 2.19. The van der Waals surface area contributed by atoms with Crippen molar-refractivity contribution >= 4 is 22.8 Å². The van der Waals surface area contributed by atoms with E-state index in [9.17, 15) is 4.79 Å². The number of aryl methyl sites for hydroxylation is 4. The number of hydrogen-bond acceptors (Lipinski definition) is 4. The fourth-order valence-corrected chi connectivity index (χ4v) is 2.85. The molecule has 1 amide bonds. The minimum absolute atomic E-state index is 0.523. The number of aromatic nitrogens is 3. The lowest BCUT2D eigenvalue weighted by Crippen LogP contribution is -2.15. The van der Waals surface area contributed by atoms with E-state index >= 15 is 0 Å². The van der Waals surface area contributed by atoms with Gasteiger partial charge >= 0.3 is 6.09 Å². The molecule has 0 aliphatic heterocycles. The number of nitrogens with one attached hydrogen (secondary N) is 1. The Labute approximate surface area is 140 Å². The standard InChI is InChI=1S/C18H20N4O2/c1-10-6-12(3)17-14(7-10)11(2)8-15(19-17)22-16(9-13(4)21-22)20-18(23)24-5/h6-9H,1-5H3,(H,20,23). The van der Waals surface area contributed by atoms with E-state index in [1.54, 1.807) is 10.7 Å². The number of fused-ring (bicyclic) bond motifs is 1. The first-order chi connectivity index (χ1) is 11.4. The van der Waals surface area contributed by atoms with Crippen LogP contribution in [0.15, 0.2) is 24.3 Å². The summed E-state index contributed by atoms with van der Waals surface area (Å²) in [5.41, 5.74) is 5.15. The van der Waals surface area contributed by atoms with Crippen LogP contribution >= 0.6 is 0 Å². The molecule has 0 bridgehead atoms. The normalized spacial score (nSPS) is 10.9. The maximum atomic E-state index is 11.6. The number of rotatable bonds is 2. The van der Waals surface area contributed by atoms with Crippen molar-refractivity contribution in [2.24, 2.45) is 0 Å². The van der Waals surface area contributed by atoms with Gasteiger partial charge in [0.15, 0.2) is 5.82 Å². The molecule has 124 valence electrons. The third kappa shape index (κ3) is 2.82. The molecule has 0 saturated carbocycles. The van der Waals surface area contributed by atoms with E-state index in [2.05, 4.69) is 41.1 Å². The second-order valence-electron chi connectivity index (χ2n) is 5.97. The molecular weight excluding hydrogens is 304 g/mol. The minimum atomic E-state index is -0.541. The number of pyridine rings is 1. The molecule has 2 aromatic heterocycles. The van der Waals surface area contributed by atoms with Crippen molar-refractivity contribution in [2.75, 3.05) is 12.4 Å². The number of methoxy groups -OCH3 is 1. The van der Waals surface area contributed by atoms with Crippen LogP contribution in [0.4, 0.5) is 10.6 Å². The van der Waals surface area contributed by atoms with Crippen molar-refractivity contribution in [3.63, 3.8) is 0 Å². The topological polar surface area (TPSA) is 69.0 Å². The van der Waals surface area contributed by atoms with Crippen LogP contribution in [0.3, 0.4) is 0 Å². The van der Waals surface area contributed by atoms with Gasteiger partial charge < -0.3 is 4.74 Å². The van der Waals surface area contributed by atoms with Gasteiger partial charge in [0.1, 0.15) is 5.82 Å². The maximum Gasteiger partial charge on any atom is 0.412 e. The van der Waals surface area contributed by atoms with Crippen LogP contribution in [0.25, 0.3) is 16.7 Å². The molecule has 0 aliphatic rings. The predicted octanol–water partition coefficient (Wildman–Crippen LogP) is 3.83. The summed E-state index contributed by atoms with van der Waals surface area (Å²) in [7, 11) is 1.33. The van der Waals surface area contributed by atoms with Gasteiger partial charge in [0.2, 0.25) is 0 Å². The molecule has 3 aromatic rings. The summed E-state index contributed by atoms with van der Waals surface area (Å²) >= 11 is 0. The monoisotopic (exact) mass is 324 g/mol. The van der Waals surface area contributed by atoms with Gasteiger partial charge in [0, 0.05) is 11.5 Å². The Morgan fingerprint density at radius 2 is 1.83 bits per heavy atom. The van der Waals surface area contributed by atoms with Gasteiger partial charge in [-0.3, -0.25) is 5.32 Å². The van der Waals surface area contributed by atoms with Gasteiger partial charge in [-0.15, -0.1) is 0 Å². The Morgan fingerprint density at radius 3 is 2.54 bits per heavy atom. The first-order valence-corrected chi connectivity index (χ1v) is 7.69. The zero-order valence-corrected chi connectivity index (χ0v) is 14.5. The lowest BCUT2D eigenvalue weighted by molar-refractivity contribution is 0.186. The molecule has 1 aromatic carbocycles. The summed E-state index contributed by atoms with van der Waals surface area (Å²) in [5, 5.41) is 8.24. The SMILES string of the molecule is COC(=O)Nc1cc(C)nn1-c1cc(C)c2cc(C)cc(C)c2n1. The lowest BCUT2D eigenvalue weighted by Gasteiger charge is -2.12. The van der Waals surface area contributed by atoms with E-state index < -0.39 is 6.09 Å². The number of ether oxygens (including phenoxy) is 1. The number of benzene rings is 1. The Kier molecular flexibility index (Phi) is 3.97. The number of amides is 1. The molecule has 0 unspecified atom stereocenters. The Bertz CT molecular complexity index is 944. The third-order valence-electron chi connectivity index (χ3n) is 3.91. The average molecular weight is 324 g/mol. The number of nitrogens with zero attached hydrogens (tertiary/aromatic N) is 3. The van der Waals surface area contributed by atoms with Crippen LogP contribution in [-0.2, 0) is 4.74 Å². The van der Waals surface area contributed by atoms with Crippen molar-refractivity contribution < 1.29 is 9.53 Å². The highest BCUT2D eigenvalue weighted by atomic mass is 16.5. The molecule has 3 rings (SSSR count). The summed E-state index contributed by atoms with van der Waals surface area (Å²) in [5.74, 6) is 1.18. The minimum Gasteiger partial charge on any atom is -0.453 e. The fraction of sp³-hybridized carbons (Fsp3) is 0.278. The highest BCUT2D eigenvalue weighted by molar-refractivity contribution is 5.87. The van der Waals surface area contributed by atoms with Crippen LogP contribution < -0.4 is 5.32 Å². The highest BCUT2D eigenvalue weighted by Gasteiger charge is 2.14. The van der Waals surface area contributed by atoms with Crippen LogP contribution in [0.2, 0.25) is 0 Å². The molecule has 0 radical (unpaired) electrons. The van der Waals surface area contributed by atoms with E-state index in [4.69, 9.17) is 4.98 Å². The largest absolute Gasteiger partial charge is 0.453 e. The van der Waals surface area contributed by atoms with Gasteiger partial charge in [0.25, 0.3) is 0 Å². The number of carbonyl (C=O) groups is 1. The fourth-order valence-electron chi connectivity index (χ4n) is 2.85. The van der Waals surface area contributed by atoms with Gasteiger partial charge in [-0.25, -0.2) is 9.78 Å². The first kappa shape index (κ1) is 16.0. The van der Waals surface area contributed by atoms with Crippen LogP contribution in [0, 0.1) is 27.7 Å². The quantitative estimate of drug-likeness (QED) is 0.778. The first-order valence-electron chi connectivity index (χ1n) is 7.69. The van der Waals surface area contributed by atoms with Gasteiger partial charge in [-0.1, -0.05) is 11.6 Å². The lowest BCUT2D eigenvalue weighted by atomic mass is 10.0. The summed E-state index contributed by atoms with van der Waals surface area (Å²) < 4.78 is 6.29. The molecule has 6 nitrogen and oxygen atoms in total. The van der Waals surface area contributed by atoms with E-state index in [0.29, 0.717) is 11.6 Å². The van der Waals surface area contributed by atoms with E-state index in [0.717, 1.165) is 27.7 Å². The van der Waals surface area contributed by atoms with E-state index in [1.165, 1.54) is 12.7 Å². The maximum absolute atomic E-state index is 11.6. The molecule has 0 fully saturated rings. The van der Waals surface area contributed by atoms with Crippen molar-refractivity contribution in [2.45, 2.75) is 27.7 Å². The third-order valence-corrected chi connectivity index (χ3v) is 3.91. The van der Waals surface area contributed by atoms with E-state index in [1.807, 2.05) is 19.9 Å². The predicted molar refractivity (Wildman–Crippen MR) is 93.8 cm³/mol. The molecular formula is C18H20N4O2. The van der Waals surface area contributed by atoms with Gasteiger partial charge in [0.05, 0.1) is 18.3 Å². The van der Waals surface area contributed by atoms with Gasteiger partial charge in [-0.2, -0.15) is 9.78 Å². The molecule has 2 heterocycles. The second kappa shape index (κ2) is 5.96. The van der Waals surface area contributed by atoms with Crippen molar-refractivity contribution in [3.8, 4) is 5.82 Å². The Morgan fingerprint density at radius 1 is 1.08 bits per heavy atom. The smallest absolute Gasteiger partial charge is 0.412 e. The van der Waals surface area contributed by atoms with Crippen LogP contribution in [0.5, 0.6) is 0 Å². The summed E-state index contributed by atoms with van der Waals surface area (Å²) in [4.78, 5) is 16.3. The van der Waals surface area contributed by atoms with Crippen molar-refractivity contribution in [1.29, 1.82) is 0 Å². The van der Waals surface area contributed by atoms with E-state index in [-0.39, 0.29) is 0 Å². The molecule has 6 heteroatoms. The molecule has 0 spiro atoms. The van der Waals surface area contributed by atoms with Gasteiger partial charge in [-0.05, 0) is 51.0 Å². The summed E-state index contributed by atoms with van der Waals surface area (Å²) in [6, 6.07) is 7.99. The summed E-state index contributed by atoms with van der Waals surface area (Å²) in [6.07, 6.45) is -0.541. The molecule has 24 heavy (non-hydrogen) atoms.